The third-order valence-corrected chi connectivity index (χ3v) is 3.53. The highest BCUT2D eigenvalue weighted by Gasteiger charge is 2.33. The highest BCUT2D eigenvalue weighted by atomic mass is 19.1. The number of benzene rings is 1. The van der Waals surface area contributed by atoms with Crippen LogP contribution in [0.15, 0.2) is 30.5 Å². The second-order valence-corrected chi connectivity index (χ2v) is 4.75. The molecule has 1 unspecified atom stereocenters. The molecule has 1 aromatic heterocycles. The van der Waals surface area contributed by atoms with Crippen molar-refractivity contribution < 1.29 is 18.0 Å². The molecule has 0 N–H and O–H groups in total. The average Bonchev–Trinajstić information content (AvgIpc) is 2.81. The summed E-state index contributed by atoms with van der Waals surface area (Å²) in [5.41, 5.74) is 0.782. The SMILES string of the molecule is O=C(c1c(F)cc(F)cc1F)C1CCc2cccnc21. The Morgan fingerprint density at radius 2 is 1.90 bits per heavy atom. The Hall–Kier alpha value is -2.17. The van der Waals surface area contributed by atoms with Gasteiger partial charge in [0.1, 0.15) is 17.5 Å². The molecule has 1 aliphatic rings. The number of carbonyl (C=O) groups is 1. The summed E-state index contributed by atoms with van der Waals surface area (Å²) >= 11 is 0. The first-order valence-corrected chi connectivity index (χ1v) is 6.20. The van der Waals surface area contributed by atoms with Gasteiger partial charge < -0.3 is 0 Å². The zero-order chi connectivity index (χ0) is 14.3. The average molecular weight is 277 g/mol. The van der Waals surface area contributed by atoms with Crippen LogP contribution in [0.3, 0.4) is 0 Å². The number of nitrogens with zero attached hydrogens (tertiary/aromatic N) is 1. The maximum atomic E-state index is 13.7. The minimum Gasteiger partial charge on any atom is -0.293 e. The first kappa shape index (κ1) is 12.8. The standard InChI is InChI=1S/C15H10F3NO/c16-9-6-11(17)13(12(18)7-9)15(20)10-4-3-8-2-1-5-19-14(8)10/h1-2,5-7,10H,3-4H2. The van der Waals surface area contributed by atoms with E-state index in [2.05, 4.69) is 4.98 Å². The van der Waals surface area contributed by atoms with E-state index < -0.39 is 34.7 Å². The Morgan fingerprint density at radius 1 is 1.20 bits per heavy atom. The summed E-state index contributed by atoms with van der Waals surface area (Å²) in [5, 5.41) is 0. The van der Waals surface area contributed by atoms with E-state index in [0.29, 0.717) is 30.7 Å². The smallest absolute Gasteiger partial charge is 0.177 e. The second-order valence-electron chi connectivity index (χ2n) is 4.75. The van der Waals surface area contributed by atoms with Crippen LogP contribution in [0.4, 0.5) is 13.2 Å². The summed E-state index contributed by atoms with van der Waals surface area (Å²) in [4.78, 5) is 16.4. The Morgan fingerprint density at radius 3 is 2.60 bits per heavy atom. The minimum atomic E-state index is -1.17. The molecule has 2 nitrogen and oxygen atoms in total. The van der Waals surface area contributed by atoms with Gasteiger partial charge in [-0.2, -0.15) is 0 Å². The van der Waals surface area contributed by atoms with Gasteiger partial charge in [0.15, 0.2) is 5.78 Å². The second kappa shape index (κ2) is 4.74. The van der Waals surface area contributed by atoms with Crippen LogP contribution in [0.1, 0.15) is 34.0 Å². The maximum absolute atomic E-state index is 13.7. The van der Waals surface area contributed by atoms with Crippen LogP contribution in [0.2, 0.25) is 0 Å². The lowest BCUT2D eigenvalue weighted by atomic mass is 9.94. The van der Waals surface area contributed by atoms with Crippen molar-refractivity contribution in [1.82, 2.24) is 4.98 Å². The summed E-state index contributed by atoms with van der Waals surface area (Å²) in [5.74, 6) is -4.73. The number of fused-ring (bicyclic) bond motifs is 1. The van der Waals surface area contributed by atoms with Crippen molar-refractivity contribution >= 4 is 5.78 Å². The fraction of sp³-hybridized carbons (Fsp3) is 0.200. The van der Waals surface area contributed by atoms with Gasteiger partial charge in [-0.05, 0) is 24.5 Å². The molecule has 0 fully saturated rings. The van der Waals surface area contributed by atoms with Gasteiger partial charge in [0.25, 0.3) is 0 Å². The summed E-state index contributed by atoms with van der Waals surface area (Å²) in [6.07, 6.45) is 2.65. The molecule has 1 aliphatic carbocycles. The van der Waals surface area contributed by atoms with Crippen LogP contribution in [0, 0.1) is 17.5 Å². The highest BCUT2D eigenvalue weighted by molar-refractivity contribution is 6.01. The van der Waals surface area contributed by atoms with Crippen molar-refractivity contribution in [3.05, 3.63) is 64.7 Å². The predicted molar refractivity (Wildman–Crippen MR) is 65.9 cm³/mol. The molecule has 0 amide bonds. The molecule has 102 valence electrons. The number of aryl methyl sites for hydroxylation is 1. The predicted octanol–water partition coefficient (Wildman–Crippen LogP) is 3.41. The molecule has 0 bridgehead atoms. The van der Waals surface area contributed by atoms with Crippen LogP contribution < -0.4 is 0 Å². The monoisotopic (exact) mass is 277 g/mol. The number of aromatic nitrogens is 1. The van der Waals surface area contributed by atoms with Gasteiger partial charge >= 0.3 is 0 Å². The Labute approximate surface area is 113 Å². The van der Waals surface area contributed by atoms with Gasteiger partial charge in [-0.1, -0.05) is 6.07 Å². The van der Waals surface area contributed by atoms with E-state index in [4.69, 9.17) is 0 Å². The normalized spacial score (nSPS) is 17.1. The van der Waals surface area contributed by atoms with E-state index in [0.717, 1.165) is 5.56 Å². The van der Waals surface area contributed by atoms with Crippen LogP contribution in [-0.4, -0.2) is 10.8 Å². The summed E-state index contributed by atoms with van der Waals surface area (Å²) < 4.78 is 40.2. The van der Waals surface area contributed by atoms with E-state index in [9.17, 15) is 18.0 Å². The van der Waals surface area contributed by atoms with Crippen molar-refractivity contribution in [1.29, 1.82) is 0 Å². The fourth-order valence-electron chi connectivity index (χ4n) is 2.62. The number of hydrogen-bond acceptors (Lipinski definition) is 2. The first-order valence-electron chi connectivity index (χ1n) is 6.20. The molecule has 1 aromatic carbocycles. The molecule has 0 saturated carbocycles. The zero-order valence-electron chi connectivity index (χ0n) is 10.4. The van der Waals surface area contributed by atoms with Crippen molar-refractivity contribution in [3.63, 3.8) is 0 Å². The van der Waals surface area contributed by atoms with E-state index in [1.165, 1.54) is 0 Å². The molecule has 1 heterocycles. The summed E-state index contributed by atoms with van der Waals surface area (Å²) in [7, 11) is 0. The molecule has 0 radical (unpaired) electrons. The lowest BCUT2D eigenvalue weighted by Gasteiger charge is -2.11. The molecular weight excluding hydrogens is 267 g/mol. The largest absolute Gasteiger partial charge is 0.293 e. The topological polar surface area (TPSA) is 30.0 Å². The van der Waals surface area contributed by atoms with Crippen molar-refractivity contribution in [2.45, 2.75) is 18.8 Å². The van der Waals surface area contributed by atoms with Gasteiger partial charge in [0.2, 0.25) is 0 Å². The Balaban J connectivity index is 2.03. The van der Waals surface area contributed by atoms with E-state index >= 15 is 0 Å². The van der Waals surface area contributed by atoms with Crippen LogP contribution >= 0.6 is 0 Å². The lowest BCUT2D eigenvalue weighted by Crippen LogP contribution is -2.15. The molecular formula is C15H10F3NO. The number of halogens is 3. The van der Waals surface area contributed by atoms with E-state index in [-0.39, 0.29) is 0 Å². The zero-order valence-corrected chi connectivity index (χ0v) is 10.4. The lowest BCUT2D eigenvalue weighted by molar-refractivity contribution is 0.0949. The number of hydrogen-bond donors (Lipinski definition) is 0. The van der Waals surface area contributed by atoms with Crippen LogP contribution in [-0.2, 0) is 6.42 Å². The maximum Gasteiger partial charge on any atom is 0.177 e. The summed E-state index contributed by atoms with van der Waals surface area (Å²) in [6, 6.07) is 4.63. The number of pyridine rings is 1. The number of Topliss-reactive ketones (excluding diaryl/α,β-unsaturated/α-hetero) is 1. The molecule has 20 heavy (non-hydrogen) atoms. The quantitative estimate of drug-likeness (QED) is 0.787. The number of ketones is 1. The van der Waals surface area contributed by atoms with Crippen LogP contribution in [0.5, 0.6) is 0 Å². The molecule has 5 heteroatoms. The number of rotatable bonds is 2. The van der Waals surface area contributed by atoms with Crippen LogP contribution in [0.25, 0.3) is 0 Å². The van der Waals surface area contributed by atoms with Crippen molar-refractivity contribution in [2.24, 2.45) is 0 Å². The summed E-state index contributed by atoms with van der Waals surface area (Å²) in [6.45, 7) is 0. The van der Waals surface area contributed by atoms with Gasteiger partial charge in [-0.15, -0.1) is 0 Å². The first-order chi connectivity index (χ1) is 9.58. The molecule has 0 aliphatic heterocycles. The molecule has 0 spiro atoms. The Bertz CT molecular complexity index is 676. The third kappa shape index (κ3) is 1.99. The number of carbonyl (C=O) groups excluding carboxylic acids is 1. The van der Waals surface area contributed by atoms with Gasteiger partial charge in [0, 0.05) is 18.3 Å². The minimum absolute atomic E-state index is 0.460. The molecule has 0 saturated heterocycles. The van der Waals surface area contributed by atoms with E-state index in [1.54, 1.807) is 12.3 Å². The highest BCUT2D eigenvalue weighted by Crippen LogP contribution is 2.34. The Kier molecular flexibility index (Phi) is 3.04. The van der Waals surface area contributed by atoms with Gasteiger partial charge in [0.05, 0.1) is 17.2 Å². The van der Waals surface area contributed by atoms with Gasteiger partial charge in [-0.3, -0.25) is 9.78 Å². The molecule has 3 rings (SSSR count). The fourth-order valence-corrected chi connectivity index (χ4v) is 2.62. The third-order valence-electron chi connectivity index (χ3n) is 3.53. The van der Waals surface area contributed by atoms with Crippen molar-refractivity contribution in [2.75, 3.05) is 0 Å². The van der Waals surface area contributed by atoms with Gasteiger partial charge in [-0.25, -0.2) is 13.2 Å². The molecule has 1 atom stereocenters. The molecule has 2 aromatic rings. The van der Waals surface area contributed by atoms with Crippen molar-refractivity contribution in [3.8, 4) is 0 Å². The van der Waals surface area contributed by atoms with E-state index in [1.807, 2.05) is 6.07 Å².